The van der Waals surface area contributed by atoms with Gasteiger partial charge in [0.2, 0.25) is 11.8 Å². The molecule has 0 aliphatic rings. The Morgan fingerprint density at radius 2 is 2.00 bits per heavy atom. The summed E-state index contributed by atoms with van der Waals surface area (Å²) in [6.07, 6.45) is 0.678. The van der Waals surface area contributed by atoms with E-state index in [1.165, 1.54) is 14.0 Å². The molecule has 0 aliphatic heterocycles. The fraction of sp³-hybridized carbons (Fsp3) is 0.278. The molecule has 2 aromatic rings. The third-order valence-corrected chi connectivity index (χ3v) is 3.40. The van der Waals surface area contributed by atoms with Gasteiger partial charge in [-0.25, -0.2) is 4.79 Å². The van der Waals surface area contributed by atoms with Gasteiger partial charge in [-0.15, -0.1) is 0 Å². The van der Waals surface area contributed by atoms with Crippen LogP contribution in [0.5, 0.6) is 5.75 Å². The number of carbonyl (C=O) groups is 2. The van der Waals surface area contributed by atoms with Crippen molar-refractivity contribution in [3.63, 3.8) is 0 Å². The zero-order valence-electron chi connectivity index (χ0n) is 14.0. The van der Waals surface area contributed by atoms with Crippen LogP contribution in [-0.4, -0.2) is 25.6 Å². The summed E-state index contributed by atoms with van der Waals surface area (Å²) in [5.41, 5.74) is -0.0223. The Morgan fingerprint density at radius 3 is 2.64 bits per heavy atom. The Hall–Kier alpha value is -3.27. The van der Waals surface area contributed by atoms with E-state index in [1.807, 2.05) is 36.4 Å². The molecule has 0 radical (unpaired) electrons. The van der Waals surface area contributed by atoms with Crippen LogP contribution in [0.1, 0.15) is 34.5 Å². The highest BCUT2D eigenvalue weighted by atomic mass is 16.5. The van der Waals surface area contributed by atoms with Gasteiger partial charge in [0.1, 0.15) is 28.7 Å². The number of nitrogens with zero attached hydrogens (tertiary/aromatic N) is 1. The number of methoxy groups -OCH3 is 1. The standard InChI is InChI=1S/C18H18N2O5/c1-12-16(18(22)23-2)14(11-19)17(25-12)20-15(21)9-6-10-24-13-7-4-3-5-8-13/h3-5,7-8H,6,9-10H2,1-2H3,(H,20,21). The average Bonchev–Trinajstić information content (AvgIpc) is 2.93. The van der Waals surface area contributed by atoms with Gasteiger partial charge in [0.15, 0.2) is 0 Å². The number of hydrogen-bond acceptors (Lipinski definition) is 6. The van der Waals surface area contributed by atoms with Crippen LogP contribution in [0.4, 0.5) is 5.88 Å². The van der Waals surface area contributed by atoms with E-state index in [2.05, 4.69) is 10.1 Å². The predicted octanol–water partition coefficient (Wildman–Crippen LogP) is 3.04. The molecule has 1 aromatic heterocycles. The van der Waals surface area contributed by atoms with E-state index in [4.69, 9.17) is 9.15 Å². The number of benzene rings is 1. The summed E-state index contributed by atoms with van der Waals surface area (Å²) in [5, 5.41) is 11.7. The smallest absolute Gasteiger partial charge is 0.342 e. The van der Waals surface area contributed by atoms with Crippen molar-refractivity contribution in [2.75, 3.05) is 19.0 Å². The van der Waals surface area contributed by atoms with Gasteiger partial charge in [-0.2, -0.15) is 5.26 Å². The quantitative estimate of drug-likeness (QED) is 0.613. The van der Waals surface area contributed by atoms with E-state index in [1.54, 1.807) is 0 Å². The monoisotopic (exact) mass is 342 g/mol. The maximum absolute atomic E-state index is 12.0. The molecule has 0 bridgehead atoms. The topological polar surface area (TPSA) is 102 Å². The summed E-state index contributed by atoms with van der Waals surface area (Å²) in [7, 11) is 1.21. The molecule has 7 nitrogen and oxygen atoms in total. The SMILES string of the molecule is COC(=O)c1c(C)oc(NC(=O)CCCOc2ccccc2)c1C#N. The molecule has 7 heteroatoms. The summed E-state index contributed by atoms with van der Waals surface area (Å²) in [5.74, 6) is -0.118. The summed E-state index contributed by atoms with van der Waals surface area (Å²) < 4.78 is 15.4. The van der Waals surface area contributed by atoms with E-state index in [9.17, 15) is 14.9 Å². The first-order chi connectivity index (χ1) is 12.1. The molecular weight excluding hydrogens is 324 g/mol. The van der Waals surface area contributed by atoms with Crippen LogP contribution in [0.25, 0.3) is 0 Å². The number of furan rings is 1. The van der Waals surface area contributed by atoms with Gasteiger partial charge >= 0.3 is 5.97 Å². The molecule has 25 heavy (non-hydrogen) atoms. The van der Waals surface area contributed by atoms with Crippen LogP contribution >= 0.6 is 0 Å². The minimum absolute atomic E-state index is 0.0210. The van der Waals surface area contributed by atoms with Gasteiger partial charge in [-0.3, -0.25) is 10.1 Å². The van der Waals surface area contributed by atoms with Crippen molar-refractivity contribution in [1.29, 1.82) is 5.26 Å². The first kappa shape index (κ1) is 18.1. The molecule has 0 atom stereocenters. The van der Waals surface area contributed by atoms with Crippen molar-refractivity contribution in [2.45, 2.75) is 19.8 Å². The molecule has 1 heterocycles. The van der Waals surface area contributed by atoms with Gasteiger partial charge in [0.05, 0.1) is 13.7 Å². The van der Waals surface area contributed by atoms with Crippen LogP contribution in [0.3, 0.4) is 0 Å². The Morgan fingerprint density at radius 1 is 1.28 bits per heavy atom. The van der Waals surface area contributed by atoms with Gasteiger partial charge in [0, 0.05) is 6.42 Å². The van der Waals surface area contributed by atoms with Crippen LogP contribution in [0.15, 0.2) is 34.7 Å². The van der Waals surface area contributed by atoms with Gasteiger partial charge in [-0.05, 0) is 25.5 Å². The lowest BCUT2D eigenvalue weighted by atomic mass is 10.1. The molecule has 1 aromatic carbocycles. The molecule has 0 fully saturated rings. The molecule has 0 unspecified atom stereocenters. The Balaban J connectivity index is 1.90. The van der Waals surface area contributed by atoms with E-state index >= 15 is 0 Å². The number of carbonyl (C=O) groups excluding carboxylic acids is 2. The van der Waals surface area contributed by atoms with Crippen molar-refractivity contribution in [1.82, 2.24) is 0 Å². The molecular formula is C18H18N2O5. The summed E-state index contributed by atoms with van der Waals surface area (Å²) >= 11 is 0. The van der Waals surface area contributed by atoms with E-state index < -0.39 is 5.97 Å². The highest BCUT2D eigenvalue weighted by molar-refractivity contribution is 5.98. The lowest BCUT2D eigenvalue weighted by molar-refractivity contribution is -0.116. The fourth-order valence-corrected chi connectivity index (χ4v) is 2.22. The zero-order chi connectivity index (χ0) is 18.2. The average molecular weight is 342 g/mol. The highest BCUT2D eigenvalue weighted by Gasteiger charge is 2.25. The molecule has 1 amide bonds. The van der Waals surface area contributed by atoms with Gasteiger partial charge in [0.25, 0.3) is 0 Å². The third kappa shape index (κ3) is 4.61. The normalized spacial score (nSPS) is 9.96. The molecule has 0 aliphatic carbocycles. The van der Waals surface area contributed by atoms with Crippen LogP contribution in [0, 0.1) is 18.3 Å². The molecule has 0 spiro atoms. The van der Waals surface area contributed by atoms with E-state index in [0.29, 0.717) is 13.0 Å². The van der Waals surface area contributed by atoms with Crippen molar-refractivity contribution < 1.29 is 23.5 Å². The first-order valence-corrected chi connectivity index (χ1v) is 7.66. The van der Waals surface area contributed by atoms with Crippen LogP contribution in [-0.2, 0) is 9.53 Å². The maximum atomic E-state index is 12.0. The molecule has 2 rings (SSSR count). The second kappa shape index (κ2) is 8.55. The number of rotatable bonds is 7. The number of ether oxygens (including phenoxy) is 2. The maximum Gasteiger partial charge on any atom is 0.342 e. The minimum Gasteiger partial charge on any atom is -0.494 e. The zero-order valence-corrected chi connectivity index (χ0v) is 14.0. The highest BCUT2D eigenvalue weighted by Crippen LogP contribution is 2.27. The number of nitrogens with one attached hydrogen (secondary N) is 1. The molecule has 0 saturated heterocycles. The Bertz CT molecular complexity index is 790. The summed E-state index contributed by atoms with van der Waals surface area (Å²) in [6.45, 7) is 1.91. The number of esters is 1. The van der Waals surface area contributed by atoms with Crippen molar-refractivity contribution >= 4 is 17.8 Å². The Labute approximate surface area is 145 Å². The number of amides is 1. The third-order valence-electron chi connectivity index (χ3n) is 3.40. The number of nitriles is 1. The number of aryl methyl sites for hydroxylation is 1. The van der Waals surface area contributed by atoms with Gasteiger partial charge in [-0.1, -0.05) is 18.2 Å². The van der Waals surface area contributed by atoms with Crippen LogP contribution < -0.4 is 10.1 Å². The predicted molar refractivity (Wildman–Crippen MR) is 89.3 cm³/mol. The van der Waals surface area contributed by atoms with Crippen LogP contribution in [0.2, 0.25) is 0 Å². The van der Waals surface area contributed by atoms with E-state index in [-0.39, 0.29) is 35.1 Å². The van der Waals surface area contributed by atoms with E-state index in [0.717, 1.165) is 5.75 Å². The minimum atomic E-state index is -0.686. The second-order valence-corrected chi connectivity index (χ2v) is 5.15. The molecule has 0 saturated carbocycles. The number of hydrogen-bond donors (Lipinski definition) is 1. The van der Waals surface area contributed by atoms with Crippen molar-refractivity contribution in [3.05, 3.63) is 47.2 Å². The van der Waals surface area contributed by atoms with Gasteiger partial charge < -0.3 is 13.9 Å². The lowest BCUT2D eigenvalue weighted by Gasteiger charge is -2.06. The number of para-hydroxylation sites is 1. The number of anilines is 1. The molecule has 1 N–H and O–H groups in total. The fourth-order valence-electron chi connectivity index (χ4n) is 2.22. The first-order valence-electron chi connectivity index (χ1n) is 7.66. The summed E-state index contributed by atoms with van der Waals surface area (Å²) in [4.78, 5) is 23.7. The van der Waals surface area contributed by atoms with Crippen molar-refractivity contribution in [3.8, 4) is 11.8 Å². The molecule has 130 valence electrons. The lowest BCUT2D eigenvalue weighted by Crippen LogP contribution is -2.13. The largest absolute Gasteiger partial charge is 0.494 e. The summed E-state index contributed by atoms with van der Waals surface area (Å²) in [6, 6.07) is 11.1. The van der Waals surface area contributed by atoms with Crippen molar-refractivity contribution in [2.24, 2.45) is 0 Å². The Kier molecular flexibility index (Phi) is 6.18. The second-order valence-electron chi connectivity index (χ2n) is 5.15.